The second kappa shape index (κ2) is 4.81. The van der Waals surface area contributed by atoms with Crippen LogP contribution in [0.15, 0.2) is 36.4 Å². The molecule has 0 unspecified atom stereocenters. The van der Waals surface area contributed by atoms with Gasteiger partial charge in [0.2, 0.25) is 0 Å². The first kappa shape index (κ1) is 11.4. The summed E-state index contributed by atoms with van der Waals surface area (Å²) in [6, 6.07) is 10.1. The van der Waals surface area contributed by atoms with E-state index in [2.05, 4.69) is 6.92 Å². The summed E-state index contributed by atoms with van der Waals surface area (Å²) < 4.78 is 11.1. The molecule has 2 nitrogen and oxygen atoms in total. The standard InChI is InChI=1S/C14H17O2/c1-14(2)10-15-13(16-11-14)9-8-12-6-4-3-5-7-12/h3-9,13H,1,10-11H2,2H3. The summed E-state index contributed by atoms with van der Waals surface area (Å²) in [5.41, 5.74) is 1.04. The van der Waals surface area contributed by atoms with E-state index in [1.165, 1.54) is 0 Å². The molecule has 0 aliphatic carbocycles. The van der Waals surface area contributed by atoms with Gasteiger partial charge in [-0.05, 0) is 18.6 Å². The molecular formula is C14H17O2. The van der Waals surface area contributed by atoms with Crippen LogP contribution in [0.2, 0.25) is 0 Å². The monoisotopic (exact) mass is 217 g/mol. The van der Waals surface area contributed by atoms with Crippen LogP contribution >= 0.6 is 0 Å². The Morgan fingerprint density at radius 3 is 2.50 bits per heavy atom. The minimum atomic E-state index is -0.241. The summed E-state index contributed by atoms with van der Waals surface area (Å²) in [5, 5.41) is 0. The van der Waals surface area contributed by atoms with E-state index >= 15 is 0 Å². The predicted molar refractivity (Wildman–Crippen MR) is 64.6 cm³/mol. The van der Waals surface area contributed by atoms with Gasteiger partial charge < -0.3 is 9.47 Å². The topological polar surface area (TPSA) is 18.5 Å². The Morgan fingerprint density at radius 2 is 1.88 bits per heavy atom. The highest BCUT2D eigenvalue weighted by molar-refractivity contribution is 5.48. The number of benzene rings is 1. The Bertz CT molecular complexity index is 344. The predicted octanol–water partition coefficient (Wildman–Crippen LogP) is 2.91. The molecule has 1 aliphatic rings. The molecule has 1 aromatic carbocycles. The SMILES string of the molecule is [CH2]C1(C)COC(C=Cc2ccccc2)OC1. The number of hydrogen-bond donors (Lipinski definition) is 0. The van der Waals surface area contributed by atoms with E-state index in [4.69, 9.17) is 9.47 Å². The number of rotatable bonds is 2. The van der Waals surface area contributed by atoms with Crippen molar-refractivity contribution in [2.75, 3.05) is 13.2 Å². The van der Waals surface area contributed by atoms with E-state index in [9.17, 15) is 0 Å². The van der Waals surface area contributed by atoms with Crippen molar-refractivity contribution in [2.45, 2.75) is 13.2 Å². The molecule has 2 rings (SSSR count). The Hall–Kier alpha value is -1.12. The minimum absolute atomic E-state index is 0.114. The van der Waals surface area contributed by atoms with Gasteiger partial charge in [-0.3, -0.25) is 0 Å². The lowest BCUT2D eigenvalue weighted by molar-refractivity contribution is -0.190. The van der Waals surface area contributed by atoms with Crippen LogP contribution < -0.4 is 0 Å². The molecule has 1 fully saturated rings. The third kappa shape index (κ3) is 3.19. The average molecular weight is 217 g/mol. The van der Waals surface area contributed by atoms with Crippen molar-refractivity contribution >= 4 is 6.08 Å². The van der Waals surface area contributed by atoms with Gasteiger partial charge in [0, 0.05) is 5.41 Å². The van der Waals surface area contributed by atoms with E-state index in [1.807, 2.05) is 49.4 Å². The molecular weight excluding hydrogens is 200 g/mol. The van der Waals surface area contributed by atoms with E-state index in [0.717, 1.165) is 5.56 Å². The third-order valence-electron chi connectivity index (χ3n) is 2.44. The number of hydrogen-bond acceptors (Lipinski definition) is 2. The maximum atomic E-state index is 5.54. The molecule has 1 aromatic rings. The van der Waals surface area contributed by atoms with Crippen molar-refractivity contribution in [1.29, 1.82) is 0 Å². The summed E-state index contributed by atoms with van der Waals surface area (Å²) in [6.45, 7) is 7.31. The zero-order valence-electron chi connectivity index (χ0n) is 9.56. The zero-order valence-corrected chi connectivity index (χ0v) is 9.56. The van der Waals surface area contributed by atoms with Gasteiger partial charge in [0.25, 0.3) is 0 Å². The largest absolute Gasteiger partial charge is 0.348 e. The molecule has 1 radical (unpaired) electrons. The smallest absolute Gasteiger partial charge is 0.177 e. The van der Waals surface area contributed by atoms with Gasteiger partial charge >= 0.3 is 0 Å². The van der Waals surface area contributed by atoms with Crippen molar-refractivity contribution in [3.05, 3.63) is 48.9 Å². The van der Waals surface area contributed by atoms with Crippen molar-refractivity contribution in [2.24, 2.45) is 5.41 Å². The molecule has 0 aromatic heterocycles. The van der Waals surface area contributed by atoms with Crippen molar-refractivity contribution in [3.63, 3.8) is 0 Å². The maximum absolute atomic E-state index is 5.54. The molecule has 85 valence electrons. The highest BCUT2D eigenvalue weighted by atomic mass is 16.7. The van der Waals surface area contributed by atoms with Gasteiger partial charge in [0.15, 0.2) is 6.29 Å². The fourth-order valence-corrected chi connectivity index (χ4v) is 1.52. The molecule has 0 atom stereocenters. The third-order valence-corrected chi connectivity index (χ3v) is 2.44. The van der Waals surface area contributed by atoms with Crippen LogP contribution in [0.5, 0.6) is 0 Å². The lowest BCUT2D eigenvalue weighted by Gasteiger charge is -2.33. The normalized spacial score (nSPS) is 21.4. The van der Waals surface area contributed by atoms with Gasteiger partial charge in [0.1, 0.15) is 0 Å². The zero-order chi connectivity index (χ0) is 11.4. The Balaban J connectivity index is 1.90. The first-order chi connectivity index (χ1) is 7.66. The lowest BCUT2D eigenvalue weighted by Crippen LogP contribution is -2.36. The number of ether oxygens (including phenoxy) is 2. The fraction of sp³-hybridized carbons (Fsp3) is 0.357. The summed E-state index contributed by atoms with van der Waals surface area (Å²) in [5.74, 6) is 0. The van der Waals surface area contributed by atoms with Crippen molar-refractivity contribution in [3.8, 4) is 0 Å². The molecule has 1 aliphatic heterocycles. The van der Waals surface area contributed by atoms with E-state index in [-0.39, 0.29) is 11.7 Å². The first-order valence-corrected chi connectivity index (χ1v) is 5.48. The Labute approximate surface area is 96.9 Å². The molecule has 16 heavy (non-hydrogen) atoms. The highest BCUT2D eigenvalue weighted by Gasteiger charge is 2.26. The Kier molecular flexibility index (Phi) is 3.42. The molecule has 0 spiro atoms. The van der Waals surface area contributed by atoms with Crippen LogP contribution in [0.1, 0.15) is 12.5 Å². The van der Waals surface area contributed by atoms with Crippen molar-refractivity contribution < 1.29 is 9.47 Å². The van der Waals surface area contributed by atoms with E-state index in [0.29, 0.717) is 13.2 Å². The van der Waals surface area contributed by atoms with Crippen molar-refractivity contribution in [1.82, 2.24) is 0 Å². The van der Waals surface area contributed by atoms with Gasteiger partial charge in [-0.25, -0.2) is 0 Å². The van der Waals surface area contributed by atoms with Gasteiger partial charge in [-0.1, -0.05) is 43.3 Å². The maximum Gasteiger partial charge on any atom is 0.177 e. The second-order valence-corrected chi connectivity index (χ2v) is 4.57. The summed E-state index contributed by atoms with van der Waals surface area (Å²) in [7, 11) is 0. The second-order valence-electron chi connectivity index (χ2n) is 4.57. The minimum Gasteiger partial charge on any atom is -0.348 e. The van der Waals surface area contributed by atoms with E-state index < -0.39 is 0 Å². The summed E-state index contributed by atoms with van der Waals surface area (Å²) in [4.78, 5) is 0. The molecule has 0 N–H and O–H groups in total. The average Bonchev–Trinajstić information content (AvgIpc) is 2.29. The van der Waals surface area contributed by atoms with Crippen LogP contribution in [0, 0.1) is 12.3 Å². The fourth-order valence-electron chi connectivity index (χ4n) is 1.52. The Morgan fingerprint density at radius 1 is 1.25 bits per heavy atom. The summed E-state index contributed by atoms with van der Waals surface area (Å²) >= 11 is 0. The lowest BCUT2D eigenvalue weighted by atomic mass is 9.96. The summed E-state index contributed by atoms with van der Waals surface area (Å²) in [6.07, 6.45) is 3.70. The van der Waals surface area contributed by atoms with Crippen LogP contribution in [-0.4, -0.2) is 19.5 Å². The van der Waals surface area contributed by atoms with Crippen LogP contribution in [0.3, 0.4) is 0 Å². The van der Waals surface area contributed by atoms with Gasteiger partial charge in [-0.15, -0.1) is 0 Å². The van der Waals surface area contributed by atoms with Crippen LogP contribution in [0.4, 0.5) is 0 Å². The quantitative estimate of drug-likeness (QED) is 0.758. The molecule has 1 saturated heterocycles. The van der Waals surface area contributed by atoms with Crippen LogP contribution in [0.25, 0.3) is 6.08 Å². The molecule has 1 heterocycles. The molecule has 0 bridgehead atoms. The van der Waals surface area contributed by atoms with Gasteiger partial charge in [0.05, 0.1) is 13.2 Å². The highest BCUT2D eigenvalue weighted by Crippen LogP contribution is 2.23. The van der Waals surface area contributed by atoms with Crippen LogP contribution in [-0.2, 0) is 9.47 Å². The molecule has 0 amide bonds. The first-order valence-electron chi connectivity index (χ1n) is 5.48. The van der Waals surface area contributed by atoms with Gasteiger partial charge in [-0.2, -0.15) is 0 Å². The molecule has 2 heteroatoms. The molecule has 0 saturated carbocycles. The van der Waals surface area contributed by atoms with E-state index in [1.54, 1.807) is 0 Å².